The lowest BCUT2D eigenvalue weighted by Gasteiger charge is -1.94. The summed E-state index contributed by atoms with van der Waals surface area (Å²) in [5, 5.41) is 0. The molecule has 58 valence electrons. The Bertz CT molecular complexity index is 170. The smallest absolute Gasteiger partial charge is 0.140 e. The van der Waals surface area contributed by atoms with Crippen molar-refractivity contribution in [3.05, 3.63) is 0 Å². The molecule has 0 bridgehead atoms. The maximum absolute atomic E-state index is 9.97. The molecular weight excluding hydrogens is 152 g/mol. The van der Waals surface area contributed by atoms with Crippen molar-refractivity contribution in [2.75, 3.05) is 19.0 Å². The van der Waals surface area contributed by atoms with E-state index >= 15 is 0 Å². The molecule has 0 heterocycles. The summed E-state index contributed by atoms with van der Waals surface area (Å²) in [4.78, 5) is 0. The molecule has 0 saturated carbocycles. The van der Waals surface area contributed by atoms with Crippen molar-refractivity contribution < 1.29 is 13.2 Å². The molecule has 0 atom stereocenters. The van der Waals surface area contributed by atoms with Crippen LogP contribution >= 0.6 is 0 Å². The average molecular weight is 162 g/mol. The summed E-state index contributed by atoms with van der Waals surface area (Å²) in [6.07, 6.45) is 5.40. The zero-order valence-corrected chi connectivity index (χ0v) is 6.47. The highest BCUT2D eigenvalue weighted by Crippen LogP contribution is 1.81. The van der Waals surface area contributed by atoms with E-state index in [9.17, 15) is 8.42 Å². The van der Waals surface area contributed by atoms with E-state index in [2.05, 4.69) is 5.92 Å². The molecule has 0 saturated heterocycles. The van der Waals surface area contributed by atoms with Crippen LogP contribution in [0.1, 0.15) is 6.42 Å². The van der Waals surface area contributed by atoms with Crippen LogP contribution < -0.4 is 0 Å². The van der Waals surface area contributed by atoms with Crippen molar-refractivity contribution in [3.8, 4) is 12.3 Å². The molecule has 0 unspecified atom stereocenters. The highest BCUT2D eigenvalue weighted by Gasteiger charge is 1.87. The first-order valence-electron chi connectivity index (χ1n) is 2.90. The predicted molar refractivity (Wildman–Crippen MR) is 39.5 cm³/mol. The number of terminal acetylenes is 1. The van der Waals surface area contributed by atoms with Crippen LogP contribution in [-0.4, -0.2) is 27.4 Å². The normalized spacial score (nSPS) is 9.60. The minimum Gasteiger partial charge on any atom is -0.369 e. The summed E-state index contributed by atoms with van der Waals surface area (Å²) in [6.45, 7) is 0.684. The molecule has 0 aliphatic heterocycles. The maximum atomic E-state index is 9.97. The first-order valence-corrected chi connectivity index (χ1v) is 4.26. The van der Waals surface area contributed by atoms with E-state index in [0.29, 0.717) is 13.0 Å². The maximum Gasteiger partial charge on any atom is 0.140 e. The van der Waals surface area contributed by atoms with Gasteiger partial charge in [0.05, 0.1) is 0 Å². The van der Waals surface area contributed by atoms with Crippen molar-refractivity contribution in [1.82, 2.24) is 0 Å². The molecule has 3 nitrogen and oxygen atoms in total. The quantitative estimate of drug-likeness (QED) is 0.341. The Morgan fingerprint density at radius 2 is 2.20 bits per heavy atom. The SMILES string of the molecule is C#CCOCCC[SH](=O)=O. The van der Waals surface area contributed by atoms with Crippen molar-refractivity contribution in [2.24, 2.45) is 0 Å². The van der Waals surface area contributed by atoms with E-state index in [1.807, 2.05) is 0 Å². The Hall–Kier alpha value is -0.530. The fourth-order valence-corrected chi connectivity index (χ4v) is 0.814. The standard InChI is InChI=1S/C6H10O3S/c1-2-4-9-5-3-6-10(7)8/h1,10H,3-6H2. The van der Waals surface area contributed by atoms with Gasteiger partial charge in [-0.1, -0.05) is 5.92 Å². The third-order valence-electron chi connectivity index (χ3n) is 0.815. The summed E-state index contributed by atoms with van der Waals surface area (Å²) < 4.78 is 24.8. The van der Waals surface area contributed by atoms with Gasteiger partial charge >= 0.3 is 0 Å². The van der Waals surface area contributed by atoms with Crippen molar-refractivity contribution in [1.29, 1.82) is 0 Å². The van der Waals surface area contributed by atoms with Gasteiger partial charge in [-0.3, -0.25) is 0 Å². The van der Waals surface area contributed by atoms with Crippen LogP contribution in [0.4, 0.5) is 0 Å². The van der Waals surface area contributed by atoms with Crippen LogP contribution in [0.2, 0.25) is 0 Å². The summed E-state index contributed by atoms with van der Waals surface area (Å²) >= 11 is 0. The molecule has 0 aliphatic carbocycles. The zero-order chi connectivity index (χ0) is 7.82. The van der Waals surface area contributed by atoms with E-state index in [1.54, 1.807) is 0 Å². The van der Waals surface area contributed by atoms with E-state index < -0.39 is 10.7 Å². The Balaban J connectivity index is 3.00. The summed E-state index contributed by atoms with van der Waals surface area (Å²) in [5.74, 6) is 2.46. The summed E-state index contributed by atoms with van der Waals surface area (Å²) in [5.41, 5.74) is 0. The second kappa shape index (κ2) is 6.59. The Labute approximate surface area is 62.3 Å². The van der Waals surface area contributed by atoms with Gasteiger partial charge in [-0.2, -0.15) is 0 Å². The van der Waals surface area contributed by atoms with Gasteiger partial charge < -0.3 is 4.74 Å². The van der Waals surface area contributed by atoms with Crippen LogP contribution in [0, 0.1) is 12.3 Å². The highest BCUT2D eigenvalue weighted by molar-refractivity contribution is 7.72. The van der Waals surface area contributed by atoms with Gasteiger partial charge in [0, 0.05) is 12.4 Å². The number of rotatable bonds is 5. The number of ether oxygens (including phenoxy) is 1. The van der Waals surface area contributed by atoms with Crippen molar-refractivity contribution in [3.63, 3.8) is 0 Å². The third kappa shape index (κ3) is 7.47. The molecule has 0 radical (unpaired) electrons. The molecule has 0 amide bonds. The van der Waals surface area contributed by atoms with Gasteiger partial charge in [0.1, 0.15) is 17.3 Å². The Morgan fingerprint density at radius 3 is 2.70 bits per heavy atom. The number of thiol groups is 1. The molecule has 0 aliphatic rings. The Morgan fingerprint density at radius 1 is 1.50 bits per heavy atom. The molecule has 0 aromatic carbocycles. The monoisotopic (exact) mass is 162 g/mol. The lowest BCUT2D eigenvalue weighted by atomic mass is 10.5. The van der Waals surface area contributed by atoms with Crippen LogP contribution in [0.5, 0.6) is 0 Å². The largest absolute Gasteiger partial charge is 0.369 e. The minimum absolute atomic E-state index is 0.180. The third-order valence-corrected chi connectivity index (χ3v) is 1.50. The molecule has 0 aromatic heterocycles. The van der Waals surface area contributed by atoms with E-state index in [-0.39, 0.29) is 12.4 Å². The molecule has 0 aromatic rings. The first-order chi connectivity index (χ1) is 4.77. The van der Waals surface area contributed by atoms with Crippen molar-refractivity contribution in [2.45, 2.75) is 6.42 Å². The molecule has 0 N–H and O–H groups in total. The molecular formula is C6H10O3S. The van der Waals surface area contributed by atoms with E-state index in [0.717, 1.165) is 0 Å². The van der Waals surface area contributed by atoms with Gasteiger partial charge in [0.2, 0.25) is 0 Å². The molecule has 0 spiro atoms. The first kappa shape index (κ1) is 9.47. The fourth-order valence-electron chi connectivity index (χ4n) is 0.427. The molecule has 0 rings (SSSR count). The highest BCUT2D eigenvalue weighted by atomic mass is 32.2. The van der Waals surface area contributed by atoms with Crippen LogP contribution in [-0.2, 0) is 15.4 Å². The van der Waals surface area contributed by atoms with Crippen LogP contribution in [0.3, 0.4) is 0 Å². The van der Waals surface area contributed by atoms with Crippen LogP contribution in [0.15, 0.2) is 0 Å². The van der Waals surface area contributed by atoms with Gasteiger partial charge in [0.15, 0.2) is 0 Å². The average Bonchev–Trinajstić information content (AvgIpc) is 1.87. The number of hydrogen-bond donors (Lipinski definition) is 1. The summed E-state index contributed by atoms with van der Waals surface area (Å²) in [6, 6.07) is 0. The second-order valence-corrected chi connectivity index (χ2v) is 2.78. The van der Waals surface area contributed by atoms with Gasteiger partial charge in [-0.25, -0.2) is 8.42 Å². The number of hydrogen-bond acceptors (Lipinski definition) is 3. The Kier molecular flexibility index (Phi) is 6.24. The van der Waals surface area contributed by atoms with Gasteiger partial charge in [-0.15, -0.1) is 6.42 Å². The van der Waals surface area contributed by atoms with Crippen molar-refractivity contribution >= 4 is 10.7 Å². The predicted octanol–water partition coefficient (Wildman–Crippen LogP) is -0.362. The molecule has 0 fully saturated rings. The van der Waals surface area contributed by atoms with Gasteiger partial charge in [0.25, 0.3) is 0 Å². The molecule has 10 heavy (non-hydrogen) atoms. The lowest BCUT2D eigenvalue weighted by molar-refractivity contribution is 0.168. The summed E-state index contributed by atoms with van der Waals surface area (Å²) in [7, 11) is -2.25. The minimum atomic E-state index is -2.25. The lowest BCUT2D eigenvalue weighted by Crippen LogP contribution is -1.98. The fraction of sp³-hybridized carbons (Fsp3) is 0.667. The van der Waals surface area contributed by atoms with Gasteiger partial charge in [-0.05, 0) is 6.42 Å². The second-order valence-electron chi connectivity index (χ2n) is 1.67. The molecule has 4 heteroatoms. The zero-order valence-electron chi connectivity index (χ0n) is 5.58. The van der Waals surface area contributed by atoms with Crippen LogP contribution in [0.25, 0.3) is 0 Å². The van der Waals surface area contributed by atoms with E-state index in [4.69, 9.17) is 11.2 Å². The topological polar surface area (TPSA) is 43.4 Å². The van der Waals surface area contributed by atoms with E-state index in [1.165, 1.54) is 0 Å².